The van der Waals surface area contributed by atoms with Crippen molar-refractivity contribution in [3.63, 3.8) is 0 Å². The van der Waals surface area contributed by atoms with Gasteiger partial charge in [-0.3, -0.25) is 0 Å². The molecule has 2 bridgehead atoms. The second kappa shape index (κ2) is 6.78. The highest BCUT2D eigenvalue weighted by molar-refractivity contribution is 4.80. The standard InChI is InChI=1S/C16H31N/c1-2-13-5-3-4-6-16(17)12-15-10-9-14(11-15)8-7-13/h13-16H,2-12,17H2,1H3/t13?,14?,15-,16?/m1/s1. The topological polar surface area (TPSA) is 26.0 Å². The van der Waals surface area contributed by atoms with E-state index in [1.54, 1.807) is 0 Å². The second-order valence-electron chi connectivity index (χ2n) is 6.68. The summed E-state index contributed by atoms with van der Waals surface area (Å²) in [5.74, 6) is 3.01. The van der Waals surface area contributed by atoms with Crippen LogP contribution in [0.2, 0.25) is 0 Å². The van der Waals surface area contributed by atoms with E-state index in [0.717, 1.165) is 17.8 Å². The van der Waals surface area contributed by atoms with Gasteiger partial charge in [0.1, 0.15) is 0 Å². The maximum absolute atomic E-state index is 6.27. The molecule has 1 heteroatoms. The third-order valence-corrected chi connectivity index (χ3v) is 5.28. The summed E-state index contributed by atoms with van der Waals surface area (Å²) in [7, 11) is 0. The number of nitrogens with two attached hydrogens (primary N) is 1. The molecule has 2 rings (SSSR count). The number of hydrogen-bond acceptors (Lipinski definition) is 1. The third kappa shape index (κ3) is 4.28. The lowest BCUT2D eigenvalue weighted by atomic mass is 9.87. The molecule has 100 valence electrons. The number of fused-ring (bicyclic) bond motifs is 2. The Bertz CT molecular complexity index is 214. The third-order valence-electron chi connectivity index (χ3n) is 5.28. The Morgan fingerprint density at radius 2 is 1.53 bits per heavy atom. The van der Waals surface area contributed by atoms with Crippen molar-refractivity contribution >= 4 is 0 Å². The minimum absolute atomic E-state index is 0.498. The van der Waals surface area contributed by atoms with Gasteiger partial charge in [0.2, 0.25) is 0 Å². The molecule has 17 heavy (non-hydrogen) atoms. The average molecular weight is 237 g/mol. The van der Waals surface area contributed by atoms with Gasteiger partial charge >= 0.3 is 0 Å². The van der Waals surface area contributed by atoms with Crippen molar-refractivity contribution in [3.8, 4) is 0 Å². The van der Waals surface area contributed by atoms with Gasteiger partial charge < -0.3 is 5.73 Å². The fourth-order valence-electron chi connectivity index (χ4n) is 4.06. The molecular weight excluding hydrogens is 206 g/mol. The molecule has 1 nitrogen and oxygen atoms in total. The Balaban J connectivity index is 1.87. The summed E-state index contributed by atoms with van der Waals surface area (Å²) in [6, 6.07) is 0.498. The zero-order valence-corrected chi connectivity index (χ0v) is 11.7. The first-order valence-corrected chi connectivity index (χ1v) is 8.03. The van der Waals surface area contributed by atoms with E-state index in [2.05, 4.69) is 6.92 Å². The molecule has 0 aromatic heterocycles. The van der Waals surface area contributed by atoms with Gasteiger partial charge in [0.15, 0.2) is 0 Å². The molecule has 2 saturated carbocycles. The molecule has 4 atom stereocenters. The molecule has 0 aliphatic heterocycles. The Morgan fingerprint density at radius 1 is 0.824 bits per heavy atom. The van der Waals surface area contributed by atoms with Gasteiger partial charge in [-0.15, -0.1) is 0 Å². The number of hydrogen-bond donors (Lipinski definition) is 1. The smallest absolute Gasteiger partial charge is 0.00414 e. The van der Waals surface area contributed by atoms with Crippen LogP contribution in [-0.2, 0) is 0 Å². The molecular formula is C16H31N. The van der Waals surface area contributed by atoms with E-state index in [-0.39, 0.29) is 0 Å². The van der Waals surface area contributed by atoms with Crippen LogP contribution in [0.4, 0.5) is 0 Å². The minimum atomic E-state index is 0.498. The summed E-state index contributed by atoms with van der Waals surface area (Å²) in [5.41, 5.74) is 6.27. The van der Waals surface area contributed by atoms with Crippen molar-refractivity contribution in [2.24, 2.45) is 23.5 Å². The predicted molar refractivity (Wildman–Crippen MR) is 74.9 cm³/mol. The highest BCUT2D eigenvalue weighted by Crippen LogP contribution is 2.38. The van der Waals surface area contributed by atoms with E-state index in [1.165, 1.54) is 70.6 Å². The van der Waals surface area contributed by atoms with Gasteiger partial charge in [0, 0.05) is 6.04 Å². The van der Waals surface area contributed by atoms with Crippen LogP contribution in [0.3, 0.4) is 0 Å². The van der Waals surface area contributed by atoms with Gasteiger partial charge in [0.25, 0.3) is 0 Å². The zero-order valence-electron chi connectivity index (χ0n) is 11.7. The monoisotopic (exact) mass is 237 g/mol. The summed E-state index contributed by atoms with van der Waals surface area (Å²) >= 11 is 0. The van der Waals surface area contributed by atoms with Gasteiger partial charge in [-0.2, -0.15) is 0 Å². The van der Waals surface area contributed by atoms with Crippen LogP contribution < -0.4 is 5.73 Å². The van der Waals surface area contributed by atoms with Crippen LogP contribution in [0.1, 0.15) is 77.6 Å². The van der Waals surface area contributed by atoms with E-state index >= 15 is 0 Å². The lowest BCUT2D eigenvalue weighted by Gasteiger charge is -2.21. The van der Waals surface area contributed by atoms with Crippen LogP contribution in [0.15, 0.2) is 0 Å². The molecule has 0 saturated heterocycles. The Morgan fingerprint density at radius 3 is 2.35 bits per heavy atom. The lowest BCUT2D eigenvalue weighted by Crippen LogP contribution is -2.23. The van der Waals surface area contributed by atoms with Crippen LogP contribution in [-0.4, -0.2) is 6.04 Å². The molecule has 0 aromatic rings. The van der Waals surface area contributed by atoms with Gasteiger partial charge in [-0.05, 0) is 37.0 Å². The maximum Gasteiger partial charge on any atom is 0.00414 e. The summed E-state index contributed by atoms with van der Waals surface area (Å²) in [4.78, 5) is 0. The van der Waals surface area contributed by atoms with E-state index in [9.17, 15) is 0 Å². The van der Waals surface area contributed by atoms with Crippen molar-refractivity contribution in [1.29, 1.82) is 0 Å². The van der Waals surface area contributed by atoms with Crippen LogP contribution in [0, 0.1) is 17.8 Å². The minimum Gasteiger partial charge on any atom is -0.328 e. The molecule has 2 N–H and O–H groups in total. The molecule has 2 fully saturated rings. The molecule has 0 aromatic carbocycles. The Labute approximate surface area is 108 Å². The van der Waals surface area contributed by atoms with Gasteiger partial charge in [-0.1, -0.05) is 58.3 Å². The van der Waals surface area contributed by atoms with E-state index in [1.807, 2.05) is 0 Å². The van der Waals surface area contributed by atoms with E-state index in [4.69, 9.17) is 5.73 Å². The van der Waals surface area contributed by atoms with Crippen molar-refractivity contribution in [2.75, 3.05) is 0 Å². The summed E-state index contributed by atoms with van der Waals surface area (Å²) < 4.78 is 0. The fourth-order valence-corrected chi connectivity index (χ4v) is 4.06. The first kappa shape index (κ1) is 13.4. The van der Waals surface area contributed by atoms with Crippen LogP contribution >= 0.6 is 0 Å². The molecule has 3 unspecified atom stereocenters. The average Bonchev–Trinajstić information content (AvgIpc) is 2.74. The summed E-state index contributed by atoms with van der Waals surface area (Å²) in [5, 5.41) is 0. The van der Waals surface area contributed by atoms with Crippen molar-refractivity contribution in [3.05, 3.63) is 0 Å². The largest absolute Gasteiger partial charge is 0.328 e. The fraction of sp³-hybridized carbons (Fsp3) is 1.00. The maximum atomic E-state index is 6.27. The lowest BCUT2D eigenvalue weighted by molar-refractivity contribution is 0.331. The zero-order chi connectivity index (χ0) is 12.1. The first-order valence-electron chi connectivity index (χ1n) is 8.03. The second-order valence-corrected chi connectivity index (χ2v) is 6.68. The highest BCUT2D eigenvalue weighted by atomic mass is 14.6. The van der Waals surface area contributed by atoms with Crippen molar-refractivity contribution in [1.82, 2.24) is 0 Å². The van der Waals surface area contributed by atoms with E-state index in [0.29, 0.717) is 6.04 Å². The first-order chi connectivity index (χ1) is 8.28. The SMILES string of the molecule is CCC1CCCCC(N)C[C@@H]2CCC(CC1)C2. The van der Waals surface area contributed by atoms with Crippen molar-refractivity contribution < 1.29 is 0 Å². The molecule has 0 radical (unpaired) electrons. The number of rotatable bonds is 1. The quantitative estimate of drug-likeness (QED) is 0.714. The predicted octanol–water partition coefficient (Wildman–Crippen LogP) is 4.50. The molecule has 2 aliphatic carbocycles. The van der Waals surface area contributed by atoms with Crippen LogP contribution in [0.5, 0.6) is 0 Å². The molecule has 2 aliphatic rings. The van der Waals surface area contributed by atoms with Gasteiger partial charge in [0.05, 0.1) is 0 Å². The summed E-state index contributed by atoms with van der Waals surface area (Å²) in [6.45, 7) is 2.37. The normalized spacial score (nSPS) is 40.6. The van der Waals surface area contributed by atoms with Crippen LogP contribution in [0.25, 0.3) is 0 Å². The van der Waals surface area contributed by atoms with E-state index < -0.39 is 0 Å². The molecule has 0 spiro atoms. The van der Waals surface area contributed by atoms with Gasteiger partial charge in [-0.25, -0.2) is 0 Å². The Kier molecular flexibility index (Phi) is 5.34. The summed E-state index contributed by atoms with van der Waals surface area (Å²) in [6.07, 6.45) is 15.7. The van der Waals surface area contributed by atoms with Crippen molar-refractivity contribution in [2.45, 2.75) is 83.6 Å². The Hall–Kier alpha value is -0.0400. The highest BCUT2D eigenvalue weighted by Gasteiger charge is 2.26. The molecule has 0 amide bonds. The molecule has 0 heterocycles.